The third-order valence-corrected chi connectivity index (χ3v) is 3.44. The van der Waals surface area contributed by atoms with Gasteiger partial charge in [-0.2, -0.15) is 0 Å². The Hall–Kier alpha value is -2.31. The van der Waals surface area contributed by atoms with Gasteiger partial charge >= 0.3 is 12.1 Å². The first-order valence-corrected chi connectivity index (χ1v) is 5.85. The summed E-state index contributed by atoms with van der Waals surface area (Å²) in [4.78, 5) is 25.7. The van der Waals surface area contributed by atoms with Gasteiger partial charge in [-0.3, -0.25) is 4.90 Å². The number of primary amides is 1. The van der Waals surface area contributed by atoms with Crippen molar-refractivity contribution in [1.82, 2.24) is 4.90 Å². The number of hydrogen-bond acceptors (Lipinski definition) is 3. The molecule has 0 radical (unpaired) electrons. The van der Waals surface area contributed by atoms with Gasteiger partial charge in [-0.05, 0) is 19.1 Å². The van der Waals surface area contributed by atoms with Gasteiger partial charge < -0.3 is 10.5 Å². The maximum absolute atomic E-state index is 13.3. The van der Waals surface area contributed by atoms with Crippen LogP contribution in [0.2, 0.25) is 0 Å². The second kappa shape index (κ2) is 3.84. The molecule has 6 nitrogen and oxygen atoms in total. The van der Waals surface area contributed by atoms with Gasteiger partial charge in [0, 0.05) is 6.07 Å². The summed E-state index contributed by atoms with van der Waals surface area (Å²) in [6.45, 7) is 1.94. The van der Waals surface area contributed by atoms with E-state index in [1.807, 2.05) is 0 Å². The fraction of sp³-hybridized carbons (Fsp3) is 0.333. The molecule has 1 fully saturated rings. The lowest BCUT2D eigenvalue weighted by Gasteiger charge is -2.35. The average molecular weight is 265 g/mol. The van der Waals surface area contributed by atoms with E-state index in [-0.39, 0.29) is 18.7 Å². The molecule has 0 aromatic heterocycles. The lowest BCUT2D eigenvalue weighted by molar-refractivity contribution is 0.175. The third kappa shape index (κ3) is 1.61. The van der Waals surface area contributed by atoms with E-state index in [4.69, 9.17) is 10.5 Å². The second-order valence-corrected chi connectivity index (χ2v) is 4.60. The molecular weight excluding hydrogens is 253 g/mol. The Kier molecular flexibility index (Phi) is 2.38. The highest BCUT2D eigenvalue weighted by Crippen LogP contribution is 2.40. The molecule has 0 saturated carbocycles. The van der Waals surface area contributed by atoms with Crippen molar-refractivity contribution in [3.63, 3.8) is 0 Å². The summed E-state index contributed by atoms with van der Waals surface area (Å²) in [5.41, 5.74) is 5.49. The normalized spacial score (nSPS) is 24.8. The molecule has 1 aromatic rings. The quantitative estimate of drug-likeness (QED) is 0.768. The Balaban J connectivity index is 2.09. The summed E-state index contributed by atoms with van der Waals surface area (Å²) in [6.07, 6.45) is -0.300. The number of ether oxygens (including phenoxy) is 1. The zero-order chi connectivity index (χ0) is 13.7. The standard InChI is InChI=1S/C12H12FN3O3/c1-6-9-5-15(11(14)17)12(18)16(9)8-4-7(13)2-3-10(8)19-6/h2-4,6,9H,5H2,1H3,(H2,14,17). The van der Waals surface area contributed by atoms with Crippen LogP contribution in [0.25, 0.3) is 0 Å². The number of imide groups is 1. The molecule has 0 bridgehead atoms. The monoisotopic (exact) mass is 265 g/mol. The highest BCUT2D eigenvalue weighted by atomic mass is 19.1. The number of carbonyl (C=O) groups excluding carboxylic acids is 2. The molecule has 100 valence electrons. The number of halogens is 1. The van der Waals surface area contributed by atoms with Crippen molar-refractivity contribution in [3.05, 3.63) is 24.0 Å². The summed E-state index contributed by atoms with van der Waals surface area (Å²) in [5, 5.41) is 0. The van der Waals surface area contributed by atoms with Gasteiger partial charge in [0.25, 0.3) is 0 Å². The number of benzene rings is 1. The number of rotatable bonds is 0. The van der Waals surface area contributed by atoms with Crippen LogP contribution in [0, 0.1) is 5.82 Å². The van der Waals surface area contributed by atoms with Crippen molar-refractivity contribution in [2.75, 3.05) is 11.4 Å². The fourth-order valence-corrected chi connectivity index (χ4v) is 2.50. The molecule has 1 saturated heterocycles. The SMILES string of the molecule is CC1Oc2ccc(F)cc2N2C(=O)N(C(N)=O)CC12. The molecule has 2 unspecified atom stereocenters. The smallest absolute Gasteiger partial charge is 0.333 e. The van der Waals surface area contributed by atoms with Gasteiger partial charge in [0.2, 0.25) is 0 Å². The van der Waals surface area contributed by atoms with Gasteiger partial charge in [-0.25, -0.2) is 18.9 Å². The van der Waals surface area contributed by atoms with Crippen molar-refractivity contribution in [2.24, 2.45) is 5.73 Å². The predicted molar refractivity (Wildman–Crippen MR) is 64.4 cm³/mol. The molecule has 0 spiro atoms. The number of urea groups is 2. The summed E-state index contributed by atoms with van der Waals surface area (Å²) >= 11 is 0. The molecule has 1 aromatic carbocycles. The lowest BCUT2D eigenvalue weighted by Crippen LogP contribution is -2.47. The number of amides is 4. The fourth-order valence-electron chi connectivity index (χ4n) is 2.50. The molecule has 3 rings (SSSR count). The first kappa shape index (κ1) is 11.8. The topological polar surface area (TPSA) is 75.9 Å². The first-order valence-electron chi connectivity index (χ1n) is 5.85. The molecule has 2 aliphatic heterocycles. The summed E-state index contributed by atoms with van der Waals surface area (Å²) in [7, 11) is 0. The number of nitrogens with two attached hydrogens (primary N) is 1. The van der Waals surface area contributed by atoms with Crippen LogP contribution in [0.15, 0.2) is 18.2 Å². The third-order valence-electron chi connectivity index (χ3n) is 3.44. The number of carbonyl (C=O) groups is 2. The second-order valence-electron chi connectivity index (χ2n) is 4.60. The Labute approximate surface area is 108 Å². The summed E-state index contributed by atoms with van der Waals surface area (Å²) in [6, 6.07) is 2.24. The van der Waals surface area contributed by atoms with Gasteiger partial charge in [0.05, 0.1) is 18.3 Å². The predicted octanol–water partition coefficient (Wildman–Crippen LogP) is 1.30. The Morgan fingerprint density at radius 3 is 2.95 bits per heavy atom. The van der Waals surface area contributed by atoms with Crippen LogP contribution in [0.3, 0.4) is 0 Å². The van der Waals surface area contributed by atoms with Crippen LogP contribution in [0.4, 0.5) is 19.7 Å². The molecule has 19 heavy (non-hydrogen) atoms. The highest BCUT2D eigenvalue weighted by Gasteiger charge is 2.47. The van der Waals surface area contributed by atoms with Crippen molar-refractivity contribution >= 4 is 17.7 Å². The van der Waals surface area contributed by atoms with E-state index < -0.39 is 17.9 Å². The number of nitrogens with zero attached hydrogens (tertiary/aromatic N) is 2. The Bertz CT molecular complexity index is 577. The molecule has 7 heteroatoms. The zero-order valence-electron chi connectivity index (χ0n) is 10.2. The number of hydrogen-bond donors (Lipinski definition) is 1. The average Bonchev–Trinajstić information content (AvgIpc) is 2.69. The van der Waals surface area contributed by atoms with Crippen LogP contribution in [0.1, 0.15) is 6.92 Å². The van der Waals surface area contributed by atoms with E-state index >= 15 is 0 Å². The van der Waals surface area contributed by atoms with Crippen molar-refractivity contribution in [3.8, 4) is 5.75 Å². The van der Waals surface area contributed by atoms with E-state index in [9.17, 15) is 14.0 Å². The lowest BCUT2D eigenvalue weighted by atomic mass is 10.1. The van der Waals surface area contributed by atoms with Crippen molar-refractivity contribution in [1.29, 1.82) is 0 Å². The van der Waals surface area contributed by atoms with Gasteiger partial charge in [0.1, 0.15) is 17.7 Å². The maximum Gasteiger partial charge on any atom is 0.333 e. The largest absolute Gasteiger partial charge is 0.486 e. The van der Waals surface area contributed by atoms with Gasteiger partial charge in [-0.1, -0.05) is 0 Å². The van der Waals surface area contributed by atoms with Crippen LogP contribution < -0.4 is 15.4 Å². The summed E-state index contributed by atoms with van der Waals surface area (Å²) < 4.78 is 19.0. The van der Waals surface area contributed by atoms with Crippen LogP contribution in [-0.2, 0) is 0 Å². The number of fused-ring (bicyclic) bond motifs is 3. The number of anilines is 1. The minimum absolute atomic E-state index is 0.144. The molecule has 4 amide bonds. The molecule has 2 atom stereocenters. The van der Waals surface area contributed by atoms with E-state index in [2.05, 4.69) is 0 Å². The van der Waals surface area contributed by atoms with Crippen molar-refractivity contribution in [2.45, 2.75) is 19.1 Å². The molecule has 2 heterocycles. The minimum Gasteiger partial charge on any atom is -0.486 e. The first-order chi connectivity index (χ1) is 8.99. The molecule has 0 aliphatic carbocycles. The van der Waals surface area contributed by atoms with E-state index in [0.29, 0.717) is 11.4 Å². The summed E-state index contributed by atoms with van der Waals surface area (Å²) in [5.74, 6) is -0.0502. The maximum atomic E-state index is 13.3. The minimum atomic E-state index is -0.815. The zero-order valence-corrected chi connectivity index (χ0v) is 10.2. The van der Waals surface area contributed by atoms with Crippen molar-refractivity contribution < 1.29 is 18.7 Å². The van der Waals surface area contributed by atoms with Gasteiger partial charge in [-0.15, -0.1) is 0 Å². The van der Waals surface area contributed by atoms with Crippen LogP contribution in [0.5, 0.6) is 5.75 Å². The Morgan fingerprint density at radius 2 is 2.26 bits per heavy atom. The Morgan fingerprint density at radius 1 is 1.53 bits per heavy atom. The van der Waals surface area contributed by atoms with E-state index in [1.165, 1.54) is 23.1 Å². The van der Waals surface area contributed by atoms with Gasteiger partial charge in [0.15, 0.2) is 0 Å². The molecular formula is C12H12FN3O3. The molecule has 2 N–H and O–H groups in total. The van der Waals surface area contributed by atoms with E-state index in [0.717, 1.165) is 4.90 Å². The van der Waals surface area contributed by atoms with Crippen LogP contribution in [-0.4, -0.2) is 35.7 Å². The highest BCUT2D eigenvalue weighted by molar-refractivity contribution is 6.05. The molecule has 2 aliphatic rings. The van der Waals surface area contributed by atoms with Crippen LogP contribution >= 0.6 is 0 Å². The van der Waals surface area contributed by atoms with E-state index in [1.54, 1.807) is 6.92 Å².